The molecule has 0 saturated heterocycles. The van der Waals surface area contributed by atoms with Gasteiger partial charge >= 0.3 is 0 Å². The van der Waals surface area contributed by atoms with Crippen molar-refractivity contribution in [3.8, 4) is 6.07 Å². The summed E-state index contributed by atoms with van der Waals surface area (Å²) in [6, 6.07) is 10.1. The SMILES string of the molecule is CC(NCC1(CCO)CC1)c1ccc(C#N)cc1. The van der Waals surface area contributed by atoms with E-state index in [1.165, 1.54) is 18.4 Å². The van der Waals surface area contributed by atoms with Crippen LogP contribution in [0.3, 0.4) is 0 Å². The molecule has 0 spiro atoms. The summed E-state index contributed by atoms with van der Waals surface area (Å²) in [5.74, 6) is 0. The molecule has 0 aromatic heterocycles. The average Bonchev–Trinajstić information content (AvgIpc) is 3.17. The Morgan fingerprint density at radius 2 is 2.06 bits per heavy atom. The molecule has 1 saturated carbocycles. The molecular formula is C15H20N2O. The van der Waals surface area contributed by atoms with E-state index in [2.05, 4.69) is 18.3 Å². The Balaban J connectivity index is 1.87. The van der Waals surface area contributed by atoms with Crippen LogP contribution >= 0.6 is 0 Å². The number of hydrogen-bond acceptors (Lipinski definition) is 3. The molecule has 0 bridgehead atoms. The van der Waals surface area contributed by atoms with Crippen LogP contribution in [-0.2, 0) is 0 Å². The number of nitrogens with zero attached hydrogens (tertiary/aromatic N) is 1. The summed E-state index contributed by atoms with van der Waals surface area (Å²) in [7, 11) is 0. The molecule has 1 atom stereocenters. The maximum atomic E-state index is 9.02. The number of hydrogen-bond donors (Lipinski definition) is 2. The summed E-state index contributed by atoms with van der Waals surface area (Å²) in [6.07, 6.45) is 3.35. The molecule has 2 N–H and O–H groups in total. The molecule has 1 unspecified atom stereocenters. The zero-order valence-electron chi connectivity index (χ0n) is 10.8. The minimum atomic E-state index is 0.285. The first-order valence-corrected chi connectivity index (χ1v) is 6.53. The first-order valence-electron chi connectivity index (χ1n) is 6.53. The Hall–Kier alpha value is -1.37. The minimum Gasteiger partial charge on any atom is -0.396 e. The van der Waals surface area contributed by atoms with Gasteiger partial charge in [-0.2, -0.15) is 5.26 Å². The number of benzene rings is 1. The van der Waals surface area contributed by atoms with Gasteiger partial charge in [0.1, 0.15) is 0 Å². The van der Waals surface area contributed by atoms with E-state index in [1.807, 2.05) is 24.3 Å². The van der Waals surface area contributed by atoms with Gasteiger partial charge in [-0.05, 0) is 49.3 Å². The van der Waals surface area contributed by atoms with E-state index in [-0.39, 0.29) is 12.6 Å². The van der Waals surface area contributed by atoms with E-state index < -0.39 is 0 Å². The molecular weight excluding hydrogens is 224 g/mol. The Labute approximate surface area is 108 Å². The third kappa shape index (κ3) is 3.10. The fourth-order valence-corrected chi connectivity index (χ4v) is 2.26. The summed E-state index contributed by atoms with van der Waals surface area (Å²) < 4.78 is 0. The predicted octanol–water partition coefficient (Wildman–Crippen LogP) is 2.37. The second-order valence-corrected chi connectivity index (χ2v) is 5.31. The lowest BCUT2D eigenvalue weighted by molar-refractivity contribution is 0.243. The molecule has 3 nitrogen and oxygen atoms in total. The highest BCUT2D eigenvalue weighted by Crippen LogP contribution is 2.48. The molecule has 0 radical (unpaired) electrons. The average molecular weight is 244 g/mol. The molecule has 3 heteroatoms. The zero-order valence-corrected chi connectivity index (χ0v) is 10.8. The Morgan fingerprint density at radius 1 is 1.39 bits per heavy atom. The van der Waals surface area contributed by atoms with Gasteiger partial charge in [-0.1, -0.05) is 12.1 Å². The Morgan fingerprint density at radius 3 is 2.56 bits per heavy atom. The van der Waals surface area contributed by atoms with Crippen molar-refractivity contribution in [3.05, 3.63) is 35.4 Å². The lowest BCUT2D eigenvalue weighted by atomic mass is 10.0. The molecule has 1 aliphatic carbocycles. The lowest BCUT2D eigenvalue weighted by Gasteiger charge is -2.19. The van der Waals surface area contributed by atoms with Gasteiger partial charge in [-0.3, -0.25) is 0 Å². The molecule has 1 fully saturated rings. The van der Waals surface area contributed by atoms with Gasteiger partial charge in [-0.25, -0.2) is 0 Å². The van der Waals surface area contributed by atoms with Crippen molar-refractivity contribution in [2.75, 3.05) is 13.2 Å². The topological polar surface area (TPSA) is 56.0 Å². The van der Waals surface area contributed by atoms with Crippen LogP contribution in [0.1, 0.15) is 43.4 Å². The first-order chi connectivity index (χ1) is 8.69. The predicted molar refractivity (Wildman–Crippen MR) is 70.9 cm³/mol. The lowest BCUT2D eigenvalue weighted by Crippen LogP contribution is -2.27. The molecule has 0 heterocycles. The summed E-state index contributed by atoms with van der Waals surface area (Å²) in [6.45, 7) is 3.39. The van der Waals surface area contributed by atoms with Gasteiger partial charge in [-0.15, -0.1) is 0 Å². The van der Waals surface area contributed by atoms with Crippen LogP contribution in [-0.4, -0.2) is 18.3 Å². The van der Waals surface area contributed by atoms with Crippen LogP contribution in [0, 0.1) is 16.7 Å². The monoisotopic (exact) mass is 244 g/mol. The standard InChI is InChI=1S/C15H20N2O/c1-12(14-4-2-13(10-16)3-5-14)17-11-15(6-7-15)8-9-18/h2-5,12,17-18H,6-9,11H2,1H3. The van der Waals surface area contributed by atoms with E-state index in [9.17, 15) is 0 Å². The zero-order chi connectivity index (χ0) is 13.0. The van der Waals surface area contributed by atoms with E-state index >= 15 is 0 Å². The van der Waals surface area contributed by atoms with Crippen molar-refractivity contribution in [2.24, 2.45) is 5.41 Å². The van der Waals surface area contributed by atoms with Gasteiger partial charge in [0.2, 0.25) is 0 Å². The number of aliphatic hydroxyl groups is 1. The van der Waals surface area contributed by atoms with Crippen LogP contribution < -0.4 is 5.32 Å². The number of nitrogens with one attached hydrogen (secondary N) is 1. The molecule has 0 aliphatic heterocycles. The Bertz CT molecular complexity index is 429. The second kappa shape index (κ2) is 5.51. The number of aliphatic hydroxyl groups excluding tert-OH is 1. The van der Waals surface area contributed by atoms with Crippen molar-refractivity contribution < 1.29 is 5.11 Å². The highest BCUT2D eigenvalue weighted by molar-refractivity contribution is 5.32. The first kappa shape index (κ1) is 13.1. The van der Waals surface area contributed by atoms with E-state index in [0.29, 0.717) is 11.0 Å². The summed E-state index contributed by atoms with van der Waals surface area (Å²) in [5.41, 5.74) is 2.24. The second-order valence-electron chi connectivity index (χ2n) is 5.31. The van der Waals surface area contributed by atoms with Crippen LogP contribution in [0.5, 0.6) is 0 Å². The third-order valence-electron chi connectivity index (χ3n) is 3.92. The molecule has 96 valence electrons. The highest BCUT2D eigenvalue weighted by Gasteiger charge is 2.41. The van der Waals surface area contributed by atoms with Crippen molar-refractivity contribution >= 4 is 0 Å². The van der Waals surface area contributed by atoms with Crippen molar-refractivity contribution in [2.45, 2.75) is 32.2 Å². The molecule has 2 rings (SSSR count). The van der Waals surface area contributed by atoms with Crippen LogP contribution in [0.15, 0.2) is 24.3 Å². The van der Waals surface area contributed by atoms with E-state index in [1.54, 1.807) is 0 Å². The maximum Gasteiger partial charge on any atom is 0.0991 e. The van der Waals surface area contributed by atoms with Crippen molar-refractivity contribution in [1.82, 2.24) is 5.32 Å². The summed E-state index contributed by atoms with van der Waals surface area (Å²) in [5, 5.41) is 21.3. The molecule has 1 aliphatic rings. The third-order valence-corrected chi connectivity index (χ3v) is 3.92. The van der Waals surface area contributed by atoms with Crippen LogP contribution in [0.25, 0.3) is 0 Å². The van der Waals surface area contributed by atoms with Crippen LogP contribution in [0.2, 0.25) is 0 Å². The van der Waals surface area contributed by atoms with Crippen LogP contribution in [0.4, 0.5) is 0 Å². The van der Waals surface area contributed by atoms with Gasteiger partial charge in [0, 0.05) is 19.2 Å². The van der Waals surface area contributed by atoms with Crippen molar-refractivity contribution in [3.63, 3.8) is 0 Å². The van der Waals surface area contributed by atoms with Crippen molar-refractivity contribution in [1.29, 1.82) is 5.26 Å². The summed E-state index contributed by atoms with van der Waals surface area (Å²) in [4.78, 5) is 0. The number of nitriles is 1. The number of rotatable bonds is 6. The minimum absolute atomic E-state index is 0.285. The highest BCUT2D eigenvalue weighted by atomic mass is 16.3. The molecule has 0 amide bonds. The fourth-order valence-electron chi connectivity index (χ4n) is 2.26. The summed E-state index contributed by atoms with van der Waals surface area (Å²) >= 11 is 0. The normalized spacial score (nSPS) is 18.1. The molecule has 1 aromatic rings. The smallest absolute Gasteiger partial charge is 0.0991 e. The maximum absolute atomic E-state index is 9.02. The molecule has 1 aromatic carbocycles. The van der Waals surface area contributed by atoms with E-state index in [4.69, 9.17) is 10.4 Å². The van der Waals surface area contributed by atoms with E-state index in [0.717, 1.165) is 13.0 Å². The van der Waals surface area contributed by atoms with Gasteiger partial charge in [0.25, 0.3) is 0 Å². The Kier molecular flexibility index (Phi) is 4.00. The van der Waals surface area contributed by atoms with Gasteiger partial charge < -0.3 is 10.4 Å². The largest absolute Gasteiger partial charge is 0.396 e. The van der Waals surface area contributed by atoms with Gasteiger partial charge in [0.05, 0.1) is 11.6 Å². The van der Waals surface area contributed by atoms with Gasteiger partial charge in [0.15, 0.2) is 0 Å². The quantitative estimate of drug-likeness (QED) is 0.807. The molecule has 18 heavy (non-hydrogen) atoms. The fraction of sp³-hybridized carbons (Fsp3) is 0.533.